The molecule has 0 radical (unpaired) electrons. The zero-order valence-electron chi connectivity index (χ0n) is 6.10. The summed E-state index contributed by atoms with van der Waals surface area (Å²) in [5.41, 5.74) is 0.876. The second kappa shape index (κ2) is 1.94. The summed E-state index contributed by atoms with van der Waals surface area (Å²) in [6.07, 6.45) is 4.58. The van der Waals surface area contributed by atoms with Crippen molar-refractivity contribution in [2.45, 2.75) is 25.7 Å². The first kappa shape index (κ1) is 6.14. The number of allylic oxidation sites excluding steroid dienone is 1. The van der Waals surface area contributed by atoms with Gasteiger partial charge in [-0.05, 0) is 37.2 Å². The number of fused-ring (bicyclic) bond motifs is 1. The van der Waals surface area contributed by atoms with E-state index in [2.05, 4.69) is 6.58 Å². The molecule has 2 aliphatic carbocycles. The lowest BCUT2D eigenvalue weighted by molar-refractivity contribution is -0.126. The molecule has 1 nitrogen and oxygen atoms in total. The molecule has 0 aromatic rings. The highest BCUT2D eigenvalue weighted by atomic mass is 16.1. The van der Waals surface area contributed by atoms with Gasteiger partial charge in [-0.1, -0.05) is 6.58 Å². The Morgan fingerprint density at radius 1 is 1.30 bits per heavy atom. The quantitative estimate of drug-likeness (QED) is 0.465. The molecule has 2 fully saturated rings. The molecule has 0 aromatic heterocycles. The Morgan fingerprint density at radius 2 is 2.10 bits per heavy atom. The summed E-state index contributed by atoms with van der Waals surface area (Å²) in [6, 6.07) is 0. The van der Waals surface area contributed by atoms with Crippen LogP contribution in [0.3, 0.4) is 0 Å². The first-order valence-electron chi connectivity index (χ1n) is 4.01. The molecule has 2 rings (SSSR count). The Labute approximate surface area is 61.1 Å². The molecule has 2 unspecified atom stereocenters. The van der Waals surface area contributed by atoms with E-state index in [4.69, 9.17) is 0 Å². The highest BCUT2D eigenvalue weighted by Crippen LogP contribution is 2.43. The van der Waals surface area contributed by atoms with Gasteiger partial charge in [-0.3, -0.25) is 4.79 Å². The standard InChI is InChI=1S/C9H12O/c1-6-2-3-7-4-5-8(7)9(6)10/h7-8H,1-5H2. The topological polar surface area (TPSA) is 17.1 Å². The van der Waals surface area contributed by atoms with Gasteiger partial charge in [-0.25, -0.2) is 0 Å². The summed E-state index contributed by atoms with van der Waals surface area (Å²) in [6.45, 7) is 3.76. The van der Waals surface area contributed by atoms with Gasteiger partial charge in [-0.15, -0.1) is 0 Å². The Morgan fingerprint density at radius 3 is 2.60 bits per heavy atom. The van der Waals surface area contributed by atoms with Gasteiger partial charge in [0.2, 0.25) is 0 Å². The number of ketones is 1. The molecule has 2 atom stereocenters. The summed E-state index contributed by atoms with van der Waals surface area (Å²) >= 11 is 0. The van der Waals surface area contributed by atoms with Crippen LogP contribution < -0.4 is 0 Å². The molecule has 54 valence electrons. The largest absolute Gasteiger partial charge is 0.294 e. The third-order valence-electron chi connectivity index (χ3n) is 2.92. The van der Waals surface area contributed by atoms with E-state index in [0.717, 1.165) is 24.3 Å². The van der Waals surface area contributed by atoms with Crippen LogP contribution in [0, 0.1) is 11.8 Å². The predicted molar refractivity (Wildman–Crippen MR) is 39.6 cm³/mol. The van der Waals surface area contributed by atoms with Crippen molar-refractivity contribution in [2.24, 2.45) is 11.8 Å². The van der Waals surface area contributed by atoms with E-state index < -0.39 is 0 Å². The molecule has 0 saturated heterocycles. The first-order chi connectivity index (χ1) is 4.79. The van der Waals surface area contributed by atoms with E-state index >= 15 is 0 Å². The molecular weight excluding hydrogens is 124 g/mol. The molecule has 2 aliphatic rings. The van der Waals surface area contributed by atoms with Gasteiger partial charge in [-0.2, -0.15) is 0 Å². The van der Waals surface area contributed by atoms with E-state index in [9.17, 15) is 4.79 Å². The molecule has 0 bridgehead atoms. The minimum Gasteiger partial charge on any atom is -0.294 e. The highest BCUT2D eigenvalue weighted by Gasteiger charge is 2.39. The van der Waals surface area contributed by atoms with Crippen LogP contribution in [0.15, 0.2) is 12.2 Å². The summed E-state index contributed by atoms with van der Waals surface area (Å²) < 4.78 is 0. The lowest BCUT2D eigenvalue weighted by Crippen LogP contribution is -2.37. The van der Waals surface area contributed by atoms with Crippen LogP contribution in [0.4, 0.5) is 0 Å². The lowest BCUT2D eigenvalue weighted by atomic mass is 9.64. The molecule has 2 saturated carbocycles. The summed E-state index contributed by atoms with van der Waals surface area (Å²) in [5, 5.41) is 0. The SMILES string of the molecule is C=C1CCC2CCC2C1=O. The van der Waals surface area contributed by atoms with Crippen LogP contribution >= 0.6 is 0 Å². The fourth-order valence-corrected chi connectivity index (χ4v) is 2.00. The maximum Gasteiger partial charge on any atom is 0.161 e. The monoisotopic (exact) mass is 136 g/mol. The maximum atomic E-state index is 11.3. The summed E-state index contributed by atoms with van der Waals surface area (Å²) in [5.74, 6) is 1.49. The van der Waals surface area contributed by atoms with Crippen molar-refractivity contribution in [3.8, 4) is 0 Å². The Balaban J connectivity index is 2.15. The number of carbonyl (C=O) groups is 1. The molecule has 0 aromatic carbocycles. The van der Waals surface area contributed by atoms with Crippen molar-refractivity contribution in [3.05, 3.63) is 12.2 Å². The average molecular weight is 136 g/mol. The third-order valence-corrected chi connectivity index (χ3v) is 2.92. The lowest BCUT2D eigenvalue weighted by Gasteiger charge is -2.39. The Bertz CT molecular complexity index is 193. The fourth-order valence-electron chi connectivity index (χ4n) is 2.00. The molecule has 0 spiro atoms. The van der Waals surface area contributed by atoms with Crippen LogP contribution in [0.2, 0.25) is 0 Å². The Kier molecular flexibility index (Phi) is 1.19. The molecule has 0 N–H and O–H groups in total. The van der Waals surface area contributed by atoms with E-state index in [-0.39, 0.29) is 0 Å². The van der Waals surface area contributed by atoms with E-state index in [1.165, 1.54) is 12.8 Å². The van der Waals surface area contributed by atoms with Gasteiger partial charge in [0, 0.05) is 5.92 Å². The summed E-state index contributed by atoms with van der Waals surface area (Å²) in [7, 11) is 0. The number of hydrogen-bond acceptors (Lipinski definition) is 1. The van der Waals surface area contributed by atoms with E-state index in [1.54, 1.807) is 0 Å². The first-order valence-corrected chi connectivity index (χ1v) is 4.01. The van der Waals surface area contributed by atoms with Crippen LogP contribution in [0.25, 0.3) is 0 Å². The molecule has 0 aliphatic heterocycles. The molecule has 0 heterocycles. The van der Waals surface area contributed by atoms with Gasteiger partial charge in [0.05, 0.1) is 0 Å². The van der Waals surface area contributed by atoms with Crippen molar-refractivity contribution >= 4 is 5.78 Å². The minimum atomic E-state index is 0.363. The number of hydrogen-bond donors (Lipinski definition) is 0. The van der Waals surface area contributed by atoms with Gasteiger partial charge in [0.15, 0.2) is 5.78 Å². The van der Waals surface area contributed by atoms with Crippen molar-refractivity contribution < 1.29 is 4.79 Å². The zero-order chi connectivity index (χ0) is 7.14. The third kappa shape index (κ3) is 0.664. The normalized spacial score (nSPS) is 38.8. The van der Waals surface area contributed by atoms with Gasteiger partial charge in [0.25, 0.3) is 0 Å². The molecule has 10 heavy (non-hydrogen) atoms. The molecular formula is C9H12O. The van der Waals surface area contributed by atoms with Gasteiger partial charge < -0.3 is 0 Å². The smallest absolute Gasteiger partial charge is 0.161 e. The second-order valence-corrected chi connectivity index (χ2v) is 3.45. The summed E-state index contributed by atoms with van der Waals surface area (Å²) in [4.78, 5) is 11.3. The van der Waals surface area contributed by atoms with E-state index in [1.807, 2.05) is 0 Å². The van der Waals surface area contributed by atoms with E-state index in [0.29, 0.717) is 11.7 Å². The van der Waals surface area contributed by atoms with Crippen molar-refractivity contribution in [1.29, 1.82) is 0 Å². The second-order valence-electron chi connectivity index (χ2n) is 3.45. The predicted octanol–water partition coefficient (Wildman–Crippen LogP) is 1.93. The van der Waals surface area contributed by atoms with Crippen molar-refractivity contribution in [1.82, 2.24) is 0 Å². The number of rotatable bonds is 0. The number of Topliss-reactive ketones (excluding diaryl/α,β-unsaturated/α-hetero) is 1. The average Bonchev–Trinajstić information content (AvgIpc) is 1.82. The van der Waals surface area contributed by atoms with Crippen LogP contribution in [-0.2, 0) is 4.79 Å². The van der Waals surface area contributed by atoms with Crippen LogP contribution in [0.1, 0.15) is 25.7 Å². The number of carbonyl (C=O) groups excluding carboxylic acids is 1. The van der Waals surface area contributed by atoms with Crippen LogP contribution in [-0.4, -0.2) is 5.78 Å². The van der Waals surface area contributed by atoms with Crippen LogP contribution in [0.5, 0.6) is 0 Å². The van der Waals surface area contributed by atoms with Crippen molar-refractivity contribution in [2.75, 3.05) is 0 Å². The molecule has 1 heteroatoms. The Hall–Kier alpha value is -0.590. The van der Waals surface area contributed by atoms with Gasteiger partial charge >= 0.3 is 0 Å². The van der Waals surface area contributed by atoms with Crippen molar-refractivity contribution in [3.63, 3.8) is 0 Å². The highest BCUT2D eigenvalue weighted by molar-refractivity contribution is 5.98. The zero-order valence-corrected chi connectivity index (χ0v) is 6.10. The fraction of sp³-hybridized carbons (Fsp3) is 0.667. The maximum absolute atomic E-state index is 11.3. The molecule has 0 amide bonds. The minimum absolute atomic E-state index is 0.363. The van der Waals surface area contributed by atoms with Gasteiger partial charge in [0.1, 0.15) is 0 Å².